The predicted octanol–water partition coefficient (Wildman–Crippen LogP) is 3.94. The molecule has 0 atom stereocenters. The summed E-state index contributed by atoms with van der Waals surface area (Å²) in [4.78, 5) is 9.10. The molecule has 3 aromatic rings. The minimum Gasteiger partial charge on any atom is -0.396 e. The Labute approximate surface area is 132 Å². The van der Waals surface area contributed by atoms with Gasteiger partial charge in [-0.3, -0.25) is 0 Å². The number of aliphatic hydroxyl groups excluding tert-OH is 1. The molecule has 0 unspecified atom stereocenters. The Hall–Kier alpha value is -1.43. The first-order valence-electron chi connectivity index (χ1n) is 6.75. The maximum absolute atomic E-state index is 8.88. The lowest BCUT2D eigenvalue weighted by Crippen LogP contribution is -1.87. The van der Waals surface area contributed by atoms with E-state index in [1.165, 1.54) is 10.5 Å². The van der Waals surface area contributed by atoms with Crippen molar-refractivity contribution in [2.24, 2.45) is 0 Å². The van der Waals surface area contributed by atoms with Gasteiger partial charge in [0.05, 0.1) is 17.6 Å². The maximum atomic E-state index is 8.88. The third-order valence-electron chi connectivity index (χ3n) is 3.00. The fourth-order valence-electron chi connectivity index (χ4n) is 2.04. The highest BCUT2D eigenvalue weighted by molar-refractivity contribution is 7.99. The van der Waals surface area contributed by atoms with E-state index in [4.69, 9.17) is 5.11 Å². The van der Waals surface area contributed by atoms with Gasteiger partial charge in [0.15, 0.2) is 5.16 Å². The van der Waals surface area contributed by atoms with Crippen LogP contribution in [0.4, 0.5) is 0 Å². The zero-order chi connectivity index (χ0) is 14.5. The summed E-state index contributed by atoms with van der Waals surface area (Å²) >= 11 is 3.38. The molecular weight excluding hydrogens is 300 g/mol. The summed E-state index contributed by atoms with van der Waals surface area (Å²) in [6.07, 6.45) is 0. The third kappa shape index (κ3) is 3.81. The van der Waals surface area contributed by atoms with Crippen LogP contribution in [0.1, 0.15) is 5.56 Å². The number of para-hydroxylation sites is 2. The van der Waals surface area contributed by atoms with Gasteiger partial charge < -0.3 is 10.1 Å². The maximum Gasteiger partial charge on any atom is 0.166 e. The first kappa shape index (κ1) is 14.5. The van der Waals surface area contributed by atoms with Crippen LogP contribution in [0, 0.1) is 0 Å². The summed E-state index contributed by atoms with van der Waals surface area (Å²) in [7, 11) is 0. The smallest absolute Gasteiger partial charge is 0.166 e. The standard InChI is InChI=1S/C16H16N2OS2/c19-8-9-20-13-5-3-4-12(10-13)11-21-16-17-14-6-1-2-7-15(14)18-16/h1-7,10,19H,8-9,11H2,(H,17,18). The molecule has 0 amide bonds. The number of hydrogen-bond acceptors (Lipinski definition) is 4. The molecule has 0 spiro atoms. The third-order valence-corrected chi connectivity index (χ3v) is 4.92. The Kier molecular flexibility index (Phi) is 4.85. The van der Waals surface area contributed by atoms with Crippen LogP contribution in [0.5, 0.6) is 0 Å². The summed E-state index contributed by atoms with van der Waals surface area (Å²) in [5, 5.41) is 9.83. The SMILES string of the molecule is OCCSc1cccc(CSc2nc3ccccc3[nH]2)c1. The lowest BCUT2D eigenvalue weighted by Gasteiger charge is -2.03. The summed E-state index contributed by atoms with van der Waals surface area (Å²) in [5.41, 5.74) is 3.35. The summed E-state index contributed by atoms with van der Waals surface area (Å²) in [6, 6.07) is 16.5. The molecule has 2 N–H and O–H groups in total. The van der Waals surface area contributed by atoms with Crippen LogP contribution in [0.25, 0.3) is 11.0 Å². The van der Waals surface area contributed by atoms with Gasteiger partial charge >= 0.3 is 0 Å². The van der Waals surface area contributed by atoms with E-state index in [1.54, 1.807) is 23.5 Å². The molecule has 108 valence electrons. The molecule has 3 nitrogen and oxygen atoms in total. The number of imidazole rings is 1. The second-order valence-corrected chi connectivity index (χ2v) is 6.70. The van der Waals surface area contributed by atoms with E-state index in [0.29, 0.717) is 0 Å². The van der Waals surface area contributed by atoms with Gasteiger partial charge in [0.1, 0.15) is 0 Å². The Morgan fingerprint density at radius 1 is 1.05 bits per heavy atom. The van der Waals surface area contributed by atoms with E-state index in [0.717, 1.165) is 27.7 Å². The zero-order valence-corrected chi connectivity index (χ0v) is 13.1. The number of rotatable bonds is 6. The van der Waals surface area contributed by atoms with Gasteiger partial charge in [0, 0.05) is 16.4 Å². The van der Waals surface area contributed by atoms with Gasteiger partial charge in [-0.2, -0.15) is 0 Å². The van der Waals surface area contributed by atoms with Crippen LogP contribution in [-0.4, -0.2) is 27.4 Å². The van der Waals surface area contributed by atoms with E-state index in [9.17, 15) is 0 Å². The monoisotopic (exact) mass is 316 g/mol. The van der Waals surface area contributed by atoms with Gasteiger partial charge in [-0.05, 0) is 29.8 Å². The molecule has 0 aliphatic carbocycles. The molecule has 21 heavy (non-hydrogen) atoms. The molecule has 1 heterocycles. The molecule has 0 radical (unpaired) electrons. The van der Waals surface area contributed by atoms with Crippen molar-refractivity contribution in [2.45, 2.75) is 15.8 Å². The van der Waals surface area contributed by atoms with E-state index in [1.807, 2.05) is 24.3 Å². The molecule has 0 bridgehead atoms. The number of thioether (sulfide) groups is 2. The molecule has 1 aromatic heterocycles. The molecular formula is C16H16N2OS2. The lowest BCUT2D eigenvalue weighted by molar-refractivity contribution is 0.322. The van der Waals surface area contributed by atoms with Crippen LogP contribution in [0.2, 0.25) is 0 Å². The van der Waals surface area contributed by atoms with Crippen molar-refractivity contribution >= 4 is 34.6 Å². The fourth-order valence-corrected chi connectivity index (χ4v) is 3.60. The van der Waals surface area contributed by atoms with Crippen molar-refractivity contribution in [3.8, 4) is 0 Å². The predicted molar refractivity (Wildman–Crippen MR) is 89.9 cm³/mol. The number of H-pyrrole nitrogens is 1. The van der Waals surface area contributed by atoms with Crippen LogP contribution >= 0.6 is 23.5 Å². The van der Waals surface area contributed by atoms with Crippen molar-refractivity contribution in [3.05, 3.63) is 54.1 Å². The van der Waals surface area contributed by atoms with Gasteiger partial charge in [-0.1, -0.05) is 36.0 Å². The van der Waals surface area contributed by atoms with E-state index in [-0.39, 0.29) is 6.61 Å². The Bertz CT molecular complexity index is 694. The number of fused-ring (bicyclic) bond motifs is 1. The van der Waals surface area contributed by atoms with Crippen molar-refractivity contribution in [1.82, 2.24) is 9.97 Å². The summed E-state index contributed by atoms with van der Waals surface area (Å²) in [6.45, 7) is 0.211. The first-order valence-corrected chi connectivity index (χ1v) is 8.72. The number of aromatic amines is 1. The van der Waals surface area contributed by atoms with Gasteiger partial charge in [-0.25, -0.2) is 4.98 Å². The number of benzene rings is 2. The summed E-state index contributed by atoms with van der Waals surface area (Å²) in [5.74, 6) is 1.62. The zero-order valence-electron chi connectivity index (χ0n) is 11.5. The molecule has 5 heteroatoms. The fraction of sp³-hybridized carbons (Fsp3) is 0.188. The largest absolute Gasteiger partial charge is 0.396 e. The Balaban J connectivity index is 1.66. The van der Waals surface area contributed by atoms with Gasteiger partial charge in [-0.15, -0.1) is 11.8 Å². The summed E-state index contributed by atoms with van der Waals surface area (Å²) < 4.78 is 0. The van der Waals surface area contributed by atoms with Crippen LogP contribution < -0.4 is 0 Å². The second-order valence-electron chi connectivity index (χ2n) is 4.57. The number of nitrogens with one attached hydrogen (secondary N) is 1. The van der Waals surface area contributed by atoms with Crippen LogP contribution in [0.15, 0.2) is 58.6 Å². The topological polar surface area (TPSA) is 48.9 Å². The van der Waals surface area contributed by atoms with Crippen molar-refractivity contribution in [2.75, 3.05) is 12.4 Å². The average Bonchev–Trinajstić information content (AvgIpc) is 2.94. The average molecular weight is 316 g/mol. The highest BCUT2D eigenvalue weighted by Gasteiger charge is 2.04. The molecule has 0 aliphatic heterocycles. The molecule has 2 aromatic carbocycles. The Morgan fingerprint density at radius 2 is 1.95 bits per heavy atom. The highest BCUT2D eigenvalue weighted by Crippen LogP contribution is 2.25. The molecule has 0 saturated carbocycles. The van der Waals surface area contributed by atoms with Crippen molar-refractivity contribution in [1.29, 1.82) is 0 Å². The number of hydrogen-bond donors (Lipinski definition) is 2. The second kappa shape index (κ2) is 7.02. The van der Waals surface area contributed by atoms with Gasteiger partial charge in [0.2, 0.25) is 0 Å². The van der Waals surface area contributed by atoms with Crippen molar-refractivity contribution in [3.63, 3.8) is 0 Å². The number of aromatic nitrogens is 2. The quantitative estimate of drug-likeness (QED) is 0.676. The number of aliphatic hydroxyl groups is 1. The molecule has 0 aliphatic rings. The number of nitrogens with zero attached hydrogens (tertiary/aromatic N) is 1. The van der Waals surface area contributed by atoms with Crippen LogP contribution in [-0.2, 0) is 5.75 Å². The van der Waals surface area contributed by atoms with Crippen LogP contribution in [0.3, 0.4) is 0 Å². The normalized spacial score (nSPS) is 11.1. The van der Waals surface area contributed by atoms with Gasteiger partial charge in [0.25, 0.3) is 0 Å². The van der Waals surface area contributed by atoms with E-state index in [2.05, 4.69) is 34.2 Å². The Morgan fingerprint density at radius 3 is 2.81 bits per heavy atom. The van der Waals surface area contributed by atoms with E-state index >= 15 is 0 Å². The molecule has 0 saturated heterocycles. The minimum atomic E-state index is 0.211. The lowest BCUT2D eigenvalue weighted by atomic mass is 10.2. The molecule has 0 fully saturated rings. The first-order chi connectivity index (χ1) is 10.3. The molecule has 3 rings (SSSR count). The minimum absolute atomic E-state index is 0.211. The highest BCUT2D eigenvalue weighted by atomic mass is 32.2. The van der Waals surface area contributed by atoms with Crippen molar-refractivity contribution < 1.29 is 5.11 Å². The van der Waals surface area contributed by atoms with E-state index < -0.39 is 0 Å².